The normalized spacial score (nSPS) is 15.3. The monoisotopic (exact) mass is 494 g/mol. The zero-order chi connectivity index (χ0) is 26.3. The molecule has 0 atom stereocenters. The molecule has 5 rings (SSSR count). The third-order valence-electron chi connectivity index (χ3n) is 6.29. The van der Waals surface area contributed by atoms with Crippen LogP contribution in [0.25, 0.3) is 22.8 Å². The molecule has 188 valence electrons. The van der Waals surface area contributed by atoms with Gasteiger partial charge in [-0.05, 0) is 86.9 Å². The molecule has 0 aliphatic carbocycles. The van der Waals surface area contributed by atoms with Gasteiger partial charge in [0.1, 0.15) is 16.7 Å². The summed E-state index contributed by atoms with van der Waals surface area (Å²) >= 11 is 0. The Morgan fingerprint density at radius 3 is 2.16 bits per heavy atom. The van der Waals surface area contributed by atoms with Gasteiger partial charge in [0.2, 0.25) is 0 Å². The number of imide groups is 1. The molecular formula is C29H30N6O2. The minimum atomic E-state index is -0.658. The van der Waals surface area contributed by atoms with Gasteiger partial charge >= 0.3 is 6.03 Å². The molecule has 1 N–H and O–H groups in total. The van der Waals surface area contributed by atoms with Gasteiger partial charge in [-0.25, -0.2) is 4.79 Å². The van der Waals surface area contributed by atoms with Crippen LogP contribution < -0.4 is 5.32 Å². The Hall–Kier alpha value is -4.46. The van der Waals surface area contributed by atoms with Gasteiger partial charge in [0.15, 0.2) is 0 Å². The molecule has 3 amide bonds. The lowest BCUT2D eigenvalue weighted by Gasteiger charge is -2.29. The second kappa shape index (κ2) is 9.20. The van der Waals surface area contributed by atoms with Crippen LogP contribution in [0.2, 0.25) is 0 Å². The predicted molar refractivity (Wildman–Crippen MR) is 145 cm³/mol. The molecule has 0 saturated carbocycles. The zero-order valence-corrected chi connectivity index (χ0v) is 21.7. The summed E-state index contributed by atoms with van der Waals surface area (Å²) in [5.41, 5.74) is 5.80. The van der Waals surface area contributed by atoms with E-state index in [1.807, 2.05) is 101 Å². The fourth-order valence-corrected chi connectivity index (χ4v) is 4.53. The first-order valence-corrected chi connectivity index (χ1v) is 12.2. The molecule has 3 aromatic carbocycles. The number of hydrogen-bond donors (Lipinski definition) is 1. The van der Waals surface area contributed by atoms with Crippen molar-refractivity contribution in [1.29, 1.82) is 0 Å². The highest BCUT2D eigenvalue weighted by Crippen LogP contribution is 2.32. The Kier molecular flexibility index (Phi) is 6.03. The number of hydrogen-bond acceptors (Lipinski definition) is 5. The Morgan fingerprint density at radius 1 is 0.919 bits per heavy atom. The fraction of sp³-hybridized carbons (Fsp3) is 0.241. The average molecular weight is 495 g/mol. The topological polar surface area (TPSA) is 83.4 Å². The van der Waals surface area contributed by atoms with Crippen LogP contribution in [0.15, 0.2) is 72.4 Å². The van der Waals surface area contributed by atoms with Gasteiger partial charge in [-0.3, -0.25) is 14.6 Å². The lowest BCUT2D eigenvalue weighted by atomic mass is 10.1. The van der Waals surface area contributed by atoms with Crippen molar-refractivity contribution in [2.24, 2.45) is 0 Å². The molecule has 1 fully saturated rings. The predicted octanol–water partition coefficient (Wildman–Crippen LogP) is 5.37. The number of aromatic nitrogens is 3. The summed E-state index contributed by atoms with van der Waals surface area (Å²) < 4.78 is 0. The number of nitrogens with zero attached hydrogens (tertiary/aromatic N) is 5. The van der Waals surface area contributed by atoms with Gasteiger partial charge in [0.05, 0.1) is 12.2 Å². The summed E-state index contributed by atoms with van der Waals surface area (Å²) in [4.78, 5) is 31.6. The standard InChI is InChI=1S/C29H30N6O2/c1-19-14-21(16-23(15-19)35-31-24-8-6-7-9-25(24)32-35)18-33-26(17-20-10-12-22(30-5)13-11-20)27(36)34(28(33)37)29(2,3)4/h6-17,30H,18H2,1-5H3/b26-17+. The van der Waals surface area contributed by atoms with Crippen LogP contribution >= 0.6 is 0 Å². The lowest BCUT2D eigenvalue weighted by molar-refractivity contribution is -0.126. The van der Waals surface area contributed by atoms with Gasteiger partial charge in [-0.15, -0.1) is 10.2 Å². The highest BCUT2D eigenvalue weighted by Gasteiger charge is 2.46. The molecule has 4 aromatic rings. The van der Waals surface area contributed by atoms with Gasteiger partial charge in [0.25, 0.3) is 5.91 Å². The summed E-state index contributed by atoms with van der Waals surface area (Å²) in [6.45, 7) is 7.83. The molecule has 1 aromatic heterocycles. The van der Waals surface area contributed by atoms with Crippen molar-refractivity contribution >= 4 is 34.7 Å². The van der Waals surface area contributed by atoms with Gasteiger partial charge in [-0.1, -0.05) is 30.3 Å². The highest BCUT2D eigenvalue weighted by molar-refractivity contribution is 6.14. The number of anilines is 1. The molecule has 2 heterocycles. The number of rotatable bonds is 5. The Balaban J connectivity index is 1.53. The van der Waals surface area contributed by atoms with Gasteiger partial charge in [0, 0.05) is 18.3 Å². The minimum Gasteiger partial charge on any atom is -0.388 e. The first-order valence-electron chi connectivity index (χ1n) is 12.2. The summed E-state index contributed by atoms with van der Waals surface area (Å²) in [6, 6.07) is 21.1. The van der Waals surface area contributed by atoms with Crippen molar-refractivity contribution in [1.82, 2.24) is 24.8 Å². The number of fused-ring (bicyclic) bond motifs is 1. The summed E-state index contributed by atoms with van der Waals surface area (Å²) in [5, 5.41) is 12.3. The van der Waals surface area contributed by atoms with E-state index in [9.17, 15) is 9.59 Å². The second-order valence-corrected chi connectivity index (χ2v) is 10.2. The fourth-order valence-electron chi connectivity index (χ4n) is 4.53. The summed E-state index contributed by atoms with van der Waals surface area (Å²) in [7, 11) is 1.85. The number of urea groups is 1. The van der Waals surface area contributed by atoms with Crippen LogP contribution in [0.1, 0.15) is 37.5 Å². The maximum atomic E-state index is 13.6. The van der Waals surface area contributed by atoms with Crippen LogP contribution in [-0.2, 0) is 11.3 Å². The minimum absolute atomic E-state index is 0.243. The van der Waals surface area contributed by atoms with Gasteiger partial charge in [-0.2, -0.15) is 4.80 Å². The third-order valence-corrected chi connectivity index (χ3v) is 6.29. The van der Waals surface area contributed by atoms with Crippen molar-refractivity contribution in [2.75, 3.05) is 12.4 Å². The van der Waals surface area contributed by atoms with Crippen molar-refractivity contribution in [3.63, 3.8) is 0 Å². The lowest BCUT2D eigenvalue weighted by Crippen LogP contribution is -2.46. The number of amides is 3. The molecule has 0 unspecified atom stereocenters. The van der Waals surface area contributed by atoms with Crippen LogP contribution in [0.4, 0.5) is 10.5 Å². The van der Waals surface area contributed by atoms with E-state index in [0.717, 1.165) is 39.1 Å². The average Bonchev–Trinajstić information content (AvgIpc) is 3.39. The van der Waals surface area contributed by atoms with Crippen molar-refractivity contribution < 1.29 is 9.59 Å². The van der Waals surface area contributed by atoms with Crippen LogP contribution in [0.5, 0.6) is 0 Å². The maximum Gasteiger partial charge on any atom is 0.332 e. The molecule has 1 aliphatic heterocycles. The highest BCUT2D eigenvalue weighted by atomic mass is 16.2. The Labute approximate surface area is 216 Å². The number of carbonyl (C=O) groups is 2. The number of carbonyl (C=O) groups excluding carboxylic acids is 2. The van der Waals surface area contributed by atoms with Crippen LogP contribution in [0, 0.1) is 6.92 Å². The molecule has 8 heteroatoms. The molecule has 1 aliphatic rings. The Bertz CT molecular complexity index is 1500. The zero-order valence-electron chi connectivity index (χ0n) is 21.7. The van der Waals surface area contributed by atoms with Crippen LogP contribution in [0.3, 0.4) is 0 Å². The molecule has 8 nitrogen and oxygen atoms in total. The molecule has 37 heavy (non-hydrogen) atoms. The first-order chi connectivity index (χ1) is 17.6. The van der Waals surface area contributed by atoms with E-state index in [0.29, 0.717) is 5.70 Å². The van der Waals surface area contributed by atoms with Crippen molar-refractivity contribution in [2.45, 2.75) is 39.8 Å². The molecule has 0 radical (unpaired) electrons. The molecule has 1 saturated heterocycles. The number of aryl methyl sites for hydroxylation is 1. The SMILES string of the molecule is CNc1ccc(/C=C2\C(=O)N(C(C)(C)C)C(=O)N2Cc2cc(C)cc(-n3nc4ccccc4n3)c2)cc1. The van der Waals surface area contributed by atoms with E-state index < -0.39 is 5.54 Å². The molecular weight excluding hydrogens is 464 g/mol. The van der Waals surface area contributed by atoms with E-state index in [4.69, 9.17) is 0 Å². The van der Waals surface area contributed by atoms with Gasteiger partial charge < -0.3 is 5.32 Å². The smallest absolute Gasteiger partial charge is 0.332 e. The largest absolute Gasteiger partial charge is 0.388 e. The number of benzene rings is 3. The summed E-state index contributed by atoms with van der Waals surface area (Å²) in [5.74, 6) is -0.303. The third kappa shape index (κ3) is 4.70. The van der Waals surface area contributed by atoms with E-state index in [1.165, 1.54) is 4.90 Å². The maximum absolute atomic E-state index is 13.6. The van der Waals surface area contributed by atoms with E-state index in [-0.39, 0.29) is 18.5 Å². The number of nitrogens with one attached hydrogen (secondary N) is 1. The molecule has 0 spiro atoms. The molecule has 0 bridgehead atoms. The summed E-state index contributed by atoms with van der Waals surface area (Å²) in [6.07, 6.45) is 1.78. The second-order valence-electron chi connectivity index (χ2n) is 10.2. The van der Waals surface area contributed by atoms with Crippen LogP contribution in [-0.4, -0.2) is 49.3 Å². The van der Waals surface area contributed by atoms with Crippen molar-refractivity contribution in [3.8, 4) is 5.69 Å². The Morgan fingerprint density at radius 2 is 1.57 bits per heavy atom. The van der Waals surface area contributed by atoms with E-state index in [1.54, 1.807) is 15.8 Å². The first kappa shape index (κ1) is 24.2. The van der Waals surface area contributed by atoms with E-state index >= 15 is 0 Å². The van der Waals surface area contributed by atoms with E-state index in [2.05, 4.69) is 15.5 Å². The van der Waals surface area contributed by atoms with Crippen molar-refractivity contribution in [3.05, 3.63) is 89.1 Å². The quantitative estimate of drug-likeness (QED) is 0.298.